The lowest BCUT2D eigenvalue weighted by molar-refractivity contribution is -0.124. The van der Waals surface area contributed by atoms with E-state index in [0.717, 1.165) is 12.8 Å². The smallest absolute Gasteiger partial charge is 0.407 e. The molecule has 146 valence electrons. The molecule has 0 aliphatic heterocycles. The Morgan fingerprint density at radius 3 is 2.20 bits per heavy atom. The van der Waals surface area contributed by atoms with Crippen molar-refractivity contribution in [3.63, 3.8) is 0 Å². The van der Waals surface area contributed by atoms with Crippen molar-refractivity contribution in [3.05, 3.63) is 0 Å². The first-order valence-electron chi connectivity index (χ1n) is 9.20. The molecular formula is C18H35N3O4. The Bertz CT molecular complexity index is 411. The van der Waals surface area contributed by atoms with E-state index in [1.807, 2.05) is 27.7 Å². The lowest BCUT2D eigenvalue weighted by Gasteiger charge is -2.12. The Hall–Kier alpha value is -1.63. The van der Waals surface area contributed by atoms with E-state index >= 15 is 0 Å². The Labute approximate surface area is 151 Å². The van der Waals surface area contributed by atoms with Crippen LogP contribution in [0.4, 0.5) is 4.79 Å². The second-order valence-corrected chi connectivity index (χ2v) is 7.04. The predicted octanol–water partition coefficient (Wildman–Crippen LogP) is 1.99. The van der Waals surface area contributed by atoms with Crippen LogP contribution in [0.2, 0.25) is 0 Å². The maximum atomic E-state index is 11.8. The zero-order chi connectivity index (χ0) is 19.2. The van der Waals surface area contributed by atoms with Gasteiger partial charge in [0.2, 0.25) is 5.91 Å². The van der Waals surface area contributed by atoms with Gasteiger partial charge in [-0.2, -0.15) is 0 Å². The summed E-state index contributed by atoms with van der Waals surface area (Å²) in [4.78, 5) is 34.6. The van der Waals surface area contributed by atoms with E-state index in [2.05, 4.69) is 10.6 Å². The summed E-state index contributed by atoms with van der Waals surface area (Å²) in [5.74, 6) is 0.360. The maximum absolute atomic E-state index is 11.8. The summed E-state index contributed by atoms with van der Waals surface area (Å²) in [6.07, 6.45) is 2.74. The monoisotopic (exact) mass is 357 g/mol. The van der Waals surface area contributed by atoms with Gasteiger partial charge in [0.1, 0.15) is 5.78 Å². The lowest BCUT2D eigenvalue weighted by atomic mass is 10.0. The van der Waals surface area contributed by atoms with E-state index in [0.29, 0.717) is 44.9 Å². The summed E-state index contributed by atoms with van der Waals surface area (Å²) < 4.78 is 4.99. The Balaban J connectivity index is 3.64. The average Bonchev–Trinajstić information content (AvgIpc) is 2.55. The SMILES string of the molecule is CC(C)COC(=O)NCCCCC(N)C(=O)NCCCC(=O)C(C)C. The summed E-state index contributed by atoms with van der Waals surface area (Å²) in [5.41, 5.74) is 5.84. The van der Waals surface area contributed by atoms with E-state index in [9.17, 15) is 14.4 Å². The number of hydrogen-bond donors (Lipinski definition) is 3. The molecule has 0 rings (SSSR count). The first-order valence-corrected chi connectivity index (χ1v) is 9.20. The van der Waals surface area contributed by atoms with Crippen LogP contribution in [-0.2, 0) is 14.3 Å². The second kappa shape index (κ2) is 13.6. The van der Waals surface area contributed by atoms with Crippen LogP contribution in [0.3, 0.4) is 0 Å². The van der Waals surface area contributed by atoms with Crippen LogP contribution in [0.5, 0.6) is 0 Å². The summed E-state index contributed by atoms with van der Waals surface area (Å²) in [7, 11) is 0. The fourth-order valence-corrected chi connectivity index (χ4v) is 2.00. The number of nitrogens with two attached hydrogens (primary N) is 1. The standard InChI is InChI=1S/C18H35N3O4/c1-13(2)12-25-18(24)21-10-6-5-8-15(19)17(23)20-11-7-9-16(22)14(3)4/h13-15H,5-12,19H2,1-4H3,(H,20,23)(H,21,24). The van der Waals surface area contributed by atoms with Crippen LogP contribution < -0.4 is 16.4 Å². The van der Waals surface area contributed by atoms with Gasteiger partial charge in [0.25, 0.3) is 0 Å². The minimum absolute atomic E-state index is 0.0363. The van der Waals surface area contributed by atoms with Crippen molar-refractivity contribution in [2.45, 2.75) is 65.8 Å². The number of carbonyl (C=O) groups is 3. The first-order chi connectivity index (χ1) is 11.7. The van der Waals surface area contributed by atoms with Crippen molar-refractivity contribution >= 4 is 17.8 Å². The molecule has 0 fully saturated rings. The van der Waals surface area contributed by atoms with Crippen molar-refractivity contribution in [2.24, 2.45) is 17.6 Å². The highest BCUT2D eigenvalue weighted by molar-refractivity contribution is 5.82. The van der Waals surface area contributed by atoms with Gasteiger partial charge in [-0.25, -0.2) is 4.79 Å². The molecule has 4 N–H and O–H groups in total. The zero-order valence-electron chi connectivity index (χ0n) is 16.1. The third-order valence-corrected chi connectivity index (χ3v) is 3.64. The van der Waals surface area contributed by atoms with Crippen molar-refractivity contribution < 1.29 is 19.1 Å². The van der Waals surface area contributed by atoms with Gasteiger partial charge < -0.3 is 21.1 Å². The van der Waals surface area contributed by atoms with Crippen LogP contribution in [0.25, 0.3) is 0 Å². The highest BCUT2D eigenvalue weighted by Gasteiger charge is 2.13. The van der Waals surface area contributed by atoms with Gasteiger partial charge in [-0.1, -0.05) is 27.7 Å². The summed E-state index contributed by atoms with van der Waals surface area (Å²) >= 11 is 0. The molecule has 0 saturated heterocycles. The summed E-state index contributed by atoms with van der Waals surface area (Å²) in [5, 5.41) is 5.43. The number of carbonyl (C=O) groups excluding carboxylic acids is 3. The highest BCUT2D eigenvalue weighted by Crippen LogP contribution is 2.02. The van der Waals surface area contributed by atoms with Crippen molar-refractivity contribution in [3.8, 4) is 0 Å². The van der Waals surface area contributed by atoms with Crippen LogP contribution in [0, 0.1) is 11.8 Å². The number of hydrogen-bond acceptors (Lipinski definition) is 5. The predicted molar refractivity (Wildman–Crippen MR) is 98.1 cm³/mol. The number of nitrogens with one attached hydrogen (secondary N) is 2. The van der Waals surface area contributed by atoms with Crippen molar-refractivity contribution in [1.82, 2.24) is 10.6 Å². The van der Waals surface area contributed by atoms with Gasteiger partial charge in [-0.3, -0.25) is 9.59 Å². The van der Waals surface area contributed by atoms with Gasteiger partial charge in [0.15, 0.2) is 0 Å². The molecular weight excluding hydrogens is 322 g/mol. The molecule has 1 unspecified atom stereocenters. The first kappa shape index (κ1) is 23.4. The number of amides is 2. The highest BCUT2D eigenvalue weighted by atomic mass is 16.5. The van der Waals surface area contributed by atoms with Gasteiger partial charge in [0, 0.05) is 25.4 Å². The van der Waals surface area contributed by atoms with Gasteiger partial charge in [-0.15, -0.1) is 0 Å². The van der Waals surface area contributed by atoms with Gasteiger partial charge in [-0.05, 0) is 31.6 Å². The molecule has 2 amide bonds. The lowest BCUT2D eigenvalue weighted by Crippen LogP contribution is -2.41. The molecule has 0 spiro atoms. The van der Waals surface area contributed by atoms with Crippen molar-refractivity contribution in [2.75, 3.05) is 19.7 Å². The summed E-state index contributed by atoms with van der Waals surface area (Å²) in [6, 6.07) is -0.561. The fourth-order valence-electron chi connectivity index (χ4n) is 2.00. The number of alkyl carbamates (subject to hydrolysis) is 1. The largest absolute Gasteiger partial charge is 0.449 e. The molecule has 0 aromatic carbocycles. The molecule has 1 atom stereocenters. The number of ketones is 1. The molecule has 0 heterocycles. The number of ether oxygens (including phenoxy) is 1. The molecule has 0 aliphatic rings. The molecule has 0 radical (unpaired) electrons. The third kappa shape index (κ3) is 13.3. The minimum atomic E-state index is -0.561. The number of rotatable bonds is 13. The minimum Gasteiger partial charge on any atom is -0.449 e. The topological polar surface area (TPSA) is 111 Å². The Morgan fingerprint density at radius 2 is 1.60 bits per heavy atom. The van der Waals surface area contributed by atoms with E-state index < -0.39 is 12.1 Å². The molecule has 0 saturated carbocycles. The molecule has 7 nitrogen and oxygen atoms in total. The molecule has 25 heavy (non-hydrogen) atoms. The number of Topliss-reactive ketones (excluding diaryl/α,β-unsaturated/α-hetero) is 1. The Morgan fingerprint density at radius 1 is 0.960 bits per heavy atom. The molecule has 0 aromatic rings. The van der Waals surface area contributed by atoms with Crippen molar-refractivity contribution in [1.29, 1.82) is 0 Å². The average molecular weight is 357 g/mol. The molecule has 0 bridgehead atoms. The van der Waals surface area contributed by atoms with E-state index in [-0.39, 0.29) is 17.6 Å². The fraction of sp³-hybridized carbons (Fsp3) is 0.833. The second-order valence-electron chi connectivity index (χ2n) is 7.04. The van der Waals surface area contributed by atoms with E-state index in [1.165, 1.54) is 0 Å². The number of unbranched alkanes of at least 4 members (excludes halogenated alkanes) is 1. The van der Waals surface area contributed by atoms with Gasteiger partial charge in [0.05, 0.1) is 12.6 Å². The third-order valence-electron chi connectivity index (χ3n) is 3.64. The normalized spacial score (nSPS) is 12.1. The van der Waals surface area contributed by atoms with Crippen LogP contribution in [0.15, 0.2) is 0 Å². The summed E-state index contributed by atoms with van der Waals surface area (Å²) in [6.45, 7) is 9.06. The molecule has 0 aliphatic carbocycles. The van der Waals surface area contributed by atoms with E-state index in [1.54, 1.807) is 0 Å². The molecule has 0 aromatic heterocycles. The van der Waals surface area contributed by atoms with Crippen LogP contribution in [-0.4, -0.2) is 43.5 Å². The maximum Gasteiger partial charge on any atom is 0.407 e. The quantitative estimate of drug-likeness (QED) is 0.437. The van der Waals surface area contributed by atoms with Gasteiger partial charge >= 0.3 is 6.09 Å². The van der Waals surface area contributed by atoms with Crippen LogP contribution in [0.1, 0.15) is 59.8 Å². The zero-order valence-corrected chi connectivity index (χ0v) is 16.1. The Kier molecular flexibility index (Phi) is 12.7. The van der Waals surface area contributed by atoms with E-state index in [4.69, 9.17) is 10.5 Å². The van der Waals surface area contributed by atoms with Crippen LogP contribution >= 0.6 is 0 Å². The molecule has 7 heteroatoms.